The number of hydrogen-bond acceptors (Lipinski definition) is 3. The first kappa shape index (κ1) is 16.0. The average molecular weight is 316 g/mol. The monoisotopic (exact) mass is 316 g/mol. The average Bonchev–Trinajstić information content (AvgIpc) is 2.74. The SMILES string of the molecule is CCc1ccc(C)c(CC)c1C1C(=O)N2CCOCCN2C1=O. The van der Waals surface area contributed by atoms with Crippen molar-refractivity contribution in [1.82, 2.24) is 10.0 Å². The van der Waals surface area contributed by atoms with Crippen LogP contribution < -0.4 is 0 Å². The zero-order valence-corrected chi connectivity index (χ0v) is 14.1. The van der Waals surface area contributed by atoms with E-state index >= 15 is 0 Å². The number of amides is 2. The Kier molecular flexibility index (Phi) is 4.39. The summed E-state index contributed by atoms with van der Waals surface area (Å²) < 4.78 is 5.39. The van der Waals surface area contributed by atoms with Crippen molar-refractivity contribution in [3.63, 3.8) is 0 Å². The molecular formula is C18H24N2O3. The second kappa shape index (κ2) is 6.32. The van der Waals surface area contributed by atoms with Crippen molar-refractivity contribution in [2.45, 2.75) is 39.5 Å². The molecule has 1 aromatic carbocycles. The highest BCUT2D eigenvalue weighted by Crippen LogP contribution is 2.35. The lowest BCUT2D eigenvalue weighted by Crippen LogP contribution is -2.41. The van der Waals surface area contributed by atoms with E-state index in [4.69, 9.17) is 4.74 Å². The van der Waals surface area contributed by atoms with Gasteiger partial charge in [-0.15, -0.1) is 0 Å². The molecule has 0 aliphatic carbocycles. The molecule has 2 heterocycles. The number of rotatable bonds is 3. The van der Waals surface area contributed by atoms with Gasteiger partial charge in [0.05, 0.1) is 26.3 Å². The van der Waals surface area contributed by atoms with Crippen LogP contribution in [0.1, 0.15) is 42.0 Å². The summed E-state index contributed by atoms with van der Waals surface area (Å²) in [7, 11) is 0. The molecule has 0 N–H and O–H groups in total. The molecule has 124 valence electrons. The first-order valence-electron chi connectivity index (χ1n) is 8.41. The Morgan fingerprint density at radius 1 is 1.04 bits per heavy atom. The molecule has 23 heavy (non-hydrogen) atoms. The van der Waals surface area contributed by atoms with Gasteiger partial charge in [0.15, 0.2) is 0 Å². The molecule has 2 fully saturated rings. The number of benzene rings is 1. The number of aryl methyl sites for hydroxylation is 2. The largest absolute Gasteiger partial charge is 0.378 e. The number of carbonyl (C=O) groups is 2. The Morgan fingerprint density at radius 2 is 1.65 bits per heavy atom. The smallest absolute Gasteiger partial charge is 0.258 e. The third-order valence-electron chi connectivity index (χ3n) is 4.89. The maximum absolute atomic E-state index is 13.0. The predicted molar refractivity (Wildman–Crippen MR) is 86.9 cm³/mol. The van der Waals surface area contributed by atoms with Crippen LogP contribution in [0.2, 0.25) is 0 Å². The van der Waals surface area contributed by atoms with Gasteiger partial charge < -0.3 is 4.74 Å². The van der Waals surface area contributed by atoms with Gasteiger partial charge in [-0.1, -0.05) is 26.0 Å². The molecule has 2 aliphatic heterocycles. The normalized spacial score (nSPS) is 19.3. The predicted octanol–water partition coefficient (Wildman–Crippen LogP) is 1.82. The zero-order valence-electron chi connectivity index (χ0n) is 14.1. The summed E-state index contributed by atoms with van der Waals surface area (Å²) in [6, 6.07) is 4.16. The quantitative estimate of drug-likeness (QED) is 0.799. The van der Waals surface area contributed by atoms with E-state index in [1.54, 1.807) is 10.0 Å². The fourth-order valence-electron chi connectivity index (χ4n) is 3.71. The summed E-state index contributed by atoms with van der Waals surface area (Å²) in [5, 5.41) is 3.17. The first-order chi connectivity index (χ1) is 11.1. The molecule has 0 saturated carbocycles. The second-order valence-corrected chi connectivity index (χ2v) is 6.11. The van der Waals surface area contributed by atoms with E-state index in [1.807, 2.05) is 0 Å². The minimum absolute atomic E-state index is 0.101. The van der Waals surface area contributed by atoms with Gasteiger partial charge in [-0.05, 0) is 42.0 Å². The summed E-state index contributed by atoms with van der Waals surface area (Å²) in [5.74, 6) is -0.885. The summed E-state index contributed by atoms with van der Waals surface area (Å²) in [6.07, 6.45) is 1.65. The molecule has 5 nitrogen and oxygen atoms in total. The van der Waals surface area contributed by atoms with Gasteiger partial charge in [0.2, 0.25) is 0 Å². The molecule has 0 spiro atoms. The Bertz CT molecular complexity index is 617. The van der Waals surface area contributed by atoms with Crippen LogP contribution in [-0.2, 0) is 27.2 Å². The van der Waals surface area contributed by atoms with Crippen LogP contribution in [0.15, 0.2) is 12.1 Å². The fraction of sp³-hybridized carbons (Fsp3) is 0.556. The Morgan fingerprint density at radius 3 is 2.17 bits per heavy atom. The summed E-state index contributed by atoms with van der Waals surface area (Å²) >= 11 is 0. The van der Waals surface area contributed by atoms with Gasteiger partial charge in [-0.3, -0.25) is 9.59 Å². The van der Waals surface area contributed by atoms with E-state index in [1.165, 1.54) is 0 Å². The number of hydrazine groups is 1. The third-order valence-corrected chi connectivity index (χ3v) is 4.89. The molecule has 0 atom stereocenters. The van der Waals surface area contributed by atoms with Gasteiger partial charge in [-0.25, -0.2) is 10.0 Å². The van der Waals surface area contributed by atoms with Gasteiger partial charge in [0.1, 0.15) is 5.92 Å². The molecule has 2 saturated heterocycles. The van der Waals surface area contributed by atoms with Gasteiger partial charge in [0, 0.05) is 0 Å². The van der Waals surface area contributed by atoms with Gasteiger partial charge >= 0.3 is 0 Å². The van der Waals surface area contributed by atoms with Crippen molar-refractivity contribution in [2.24, 2.45) is 0 Å². The lowest BCUT2D eigenvalue weighted by Gasteiger charge is -2.23. The molecule has 3 rings (SSSR count). The Hall–Kier alpha value is -1.88. The molecule has 0 radical (unpaired) electrons. The van der Waals surface area contributed by atoms with Crippen molar-refractivity contribution in [3.8, 4) is 0 Å². The van der Waals surface area contributed by atoms with E-state index in [9.17, 15) is 9.59 Å². The van der Waals surface area contributed by atoms with E-state index in [-0.39, 0.29) is 11.8 Å². The minimum Gasteiger partial charge on any atom is -0.378 e. The van der Waals surface area contributed by atoms with Crippen molar-refractivity contribution >= 4 is 11.8 Å². The molecular weight excluding hydrogens is 292 g/mol. The van der Waals surface area contributed by atoms with Crippen LogP contribution >= 0.6 is 0 Å². The van der Waals surface area contributed by atoms with Crippen molar-refractivity contribution in [3.05, 3.63) is 34.4 Å². The Labute approximate surface area is 137 Å². The lowest BCUT2D eigenvalue weighted by molar-refractivity contribution is -0.145. The number of ether oxygens (including phenoxy) is 1. The van der Waals surface area contributed by atoms with Gasteiger partial charge in [-0.2, -0.15) is 0 Å². The highest BCUT2D eigenvalue weighted by atomic mass is 16.5. The summed E-state index contributed by atoms with van der Waals surface area (Å²) in [6.45, 7) is 8.09. The fourth-order valence-corrected chi connectivity index (χ4v) is 3.71. The maximum Gasteiger partial charge on any atom is 0.258 e. The topological polar surface area (TPSA) is 49.9 Å². The highest BCUT2D eigenvalue weighted by molar-refractivity contribution is 6.10. The van der Waals surface area contributed by atoms with Crippen molar-refractivity contribution < 1.29 is 14.3 Å². The van der Waals surface area contributed by atoms with Crippen LogP contribution in [0.25, 0.3) is 0 Å². The van der Waals surface area contributed by atoms with E-state index in [0.29, 0.717) is 26.3 Å². The van der Waals surface area contributed by atoms with E-state index in [0.717, 1.165) is 35.1 Å². The standard InChI is InChI=1S/C18H24N2O3/c1-4-13-7-6-12(3)14(5-2)15(13)16-17(21)19-8-10-23-11-9-20(19)18(16)22/h6-7,16H,4-5,8-11H2,1-3H3. The van der Waals surface area contributed by atoms with E-state index in [2.05, 4.69) is 32.9 Å². The maximum atomic E-state index is 13.0. The molecule has 2 aliphatic rings. The number of hydrogen-bond donors (Lipinski definition) is 0. The van der Waals surface area contributed by atoms with Gasteiger partial charge in [0.25, 0.3) is 11.8 Å². The van der Waals surface area contributed by atoms with Crippen molar-refractivity contribution in [2.75, 3.05) is 26.3 Å². The lowest BCUT2D eigenvalue weighted by atomic mass is 9.85. The number of nitrogens with zero attached hydrogens (tertiary/aromatic N) is 2. The summed E-state index contributed by atoms with van der Waals surface area (Å²) in [5.41, 5.74) is 4.35. The molecule has 0 aromatic heterocycles. The van der Waals surface area contributed by atoms with Crippen LogP contribution in [0.5, 0.6) is 0 Å². The second-order valence-electron chi connectivity index (χ2n) is 6.11. The number of fused-ring (bicyclic) bond motifs is 1. The zero-order chi connectivity index (χ0) is 16.6. The number of carbonyl (C=O) groups excluding carboxylic acids is 2. The minimum atomic E-state index is -0.683. The first-order valence-corrected chi connectivity index (χ1v) is 8.41. The molecule has 1 aromatic rings. The van der Waals surface area contributed by atoms with Crippen LogP contribution in [0.3, 0.4) is 0 Å². The van der Waals surface area contributed by atoms with E-state index < -0.39 is 5.92 Å². The Balaban J connectivity index is 2.10. The molecule has 0 bridgehead atoms. The molecule has 2 amide bonds. The van der Waals surface area contributed by atoms with Crippen LogP contribution in [0, 0.1) is 6.92 Å². The third kappa shape index (κ3) is 2.53. The highest BCUT2D eigenvalue weighted by Gasteiger charge is 2.47. The van der Waals surface area contributed by atoms with Crippen LogP contribution in [0.4, 0.5) is 0 Å². The van der Waals surface area contributed by atoms with Crippen LogP contribution in [-0.4, -0.2) is 48.1 Å². The summed E-state index contributed by atoms with van der Waals surface area (Å²) in [4.78, 5) is 25.9. The molecule has 0 unspecified atom stereocenters. The van der Waals surface area contributed by atoms with Crippen molar-refractivity contribution in [1.29, 1.82) is 0 Å². The molecule has 5 heteroatoms.